The number of ether oxygens (including phenoxy) is 1. The zero-order chi connectivity index (χ0) is 13.2. The summed E-state index contributed by atoms with van der Waals surface area (Å²) in [6, 6.07) is 7.19. The van der Waals surface area contributed by atoms with Gasteiger partial charge in [-0.25, -0.2) is 0 Å². The zero-order valence-electron chi connectivity index (χ0n) is 10.4. The third-order valence-electron chi connectivity index (χ3n) is 3.34. The first kappa shape index (κ1) is 11.9. The molecule has 1 amide bonds. The second-order valence-corrected chi connectivity index (χ2v) is 4.51. The van der Waals surface area contributed by atoms with E-state index in [2.05, 4.69) is 4.98 Å². The minimum Gasteiger partial charge on any atom is -0.378 e. The molecular formula is C14H14N2O3. The molecule has 0 aliphatic carbocycles. The normalized spacial score (nSPS) is 15.7. The minimum absolute atomic E-state index is 0.00894. The van der Waals surface area contributed by atoms with Gasteiger partial charge in [0.2, 0.25) is 0 Å². The van der Waals surface area contributed by atoms with Gasteiger partial charge in [0.1, 0.15) is 0 Å². The molecule has 98 valence electrons. The van der Waals surface area contributed by atoms with Crippen molar-refractivity contribution in [2.24, 2.45) is 0 Å². The van der Waals surface area contributed by atoms with Gasteiger partial charge in [0.15, 0.2) is 6.29 Å². The summed E-state index contributed by atoms with van der Waals surface area (Å²) in [5.74, 6) is -0.00894. The van der Waals surface area contributed by atoms with Gasteiger partial charge in [-0.15, -0.1) is 0 Å². The molecular weight excluding hydrogens is 244 g/mol. The highest BCUT2D eigenvalue weighted by Crippen LogP contribution is 2.21. The van der Waals surface area contributed by atoms with Gasteiger partial charge in [-0.1, -0.05) is 6.07 Å². The van der Waals surface area contributed by atoms with Crippen LogP contribution < -0.4 is 0 Å². The van der Waals surface area contributed by atoms with Gasteiger partial charge in [0, 0.05) is 29.6 Å². The lowest BCUT2D eigenvalue weighted by atomic mass is 10.1. The van der Waals surface area contributed by atoms with Crippen LogP contribution in [0.4, 0.5) is 0 Å². The second-order valence-electron chi connectivity index (χ2n) is 4.51. The maximum absolute atomic E-state index is 12.5. The Morgan fingerprint density at radius 1 is 1.32 bits per heavy atom. The fourth-order valence-electron chi connectivity index (χ4n) is 2.36. The number of aromatic nitrogens is 1. The third kappa shape index (κ3) is 2.13. The van der Waals surface area contributed by atoms with E-state index in [0.717, 1.165) is 17.2 Å². The van der Waals surface area contributed by atoms with Crippen LogP contribution in [0.15, 0.2) is 24.3 Å². The molecule has 0 bridgehead atoms. The molecule has 1 aliphatic rings. The summed E-state index contributed by atoms with van der Waals surface area (Å²) in [5, 5.41) is 0.793. The van der Waals surface area contributed by atoms with Crippen molar-refractivity contribution in [2.45, 2.75) is 0 Å². The molecule has 1 aliphatic heterocycles. The standard InChI is InChI=1S/C14H14N2O3/c17-9-10-8-12-11(2-1-3-13(12)15-10)14(18)16-4-6-19-7-5-16/h1-3,8-9,15H,4-7H2. The number of aromatic amines is 1. The Hall–Kier alpha value is -2.14. The summed E-state index contributed by atoms with van der Waals surface area (Å²) in [5.41, 5.74) is 1.92. The van der Waals surface area contributed by atoms with E-state index in [1.54, 1.807) is 17.0 Å². The van der Waals surface area contributed by atoms with Crippen molar-refractivity contribution in [3.63, 3.8) is 0 Å². The van der Waals surface area contributed by atoms with Crippen molar-refractivity contribution in [3.05, 3.63) is 35.5 Å². The summed E-state index contributed by atoms with van der Waals surface area (Å²) >= 11 is 0. The number of hydrogen-bond donors (Lipinski definition) is 1. The van der Waals surface area contributed by atoms with Crippen molar-refractivity contribution < 1.29 is 14.3 Å². The van der Waals surface area contributed by atoms with E-state index in [4.69, 9.17) is 4.74 Å². The molecule has 5 nitrogen and oxygen atoms in total. The molecule has 1 fully saturated rings. The fraction of sp³-hybridized carbons (Fsp3) is 0.286. The highest BCUT2D eigenvalue weighted by molar-refractivity contribution is 6.07. The minimum atomic E-state index is -0.00894. The van der Waals surface area contributed by atoms with E-state index >= 15 is 0 Å². The first-order valence-electron chi connectivity index (χ1n) is 6.23. The highest BCUT2D eigenvalue weighted by Gasteiger charge is 2.20. The summed E-state index contributed by atoms with van der Waals surface area (Å²) in [4.78, 5) is 28.1. The smallest absolute Gasteiger partial charge is 0.254 e. The zero-order valence-corrected chi connectivity index (χ0v) is 10.4. The van der Waals surface area contributed by atoms with Crippen LogP contribution >= 0.6 is 0 Å². The van der Waals surface area contributed by atoms with Crippen LogP contribution in [0.1, 0.15) is 20.8 Å². The van der Waals surface area contributed by atoms with Crippen LogP contribution in [-0.2, 0) is 4.74 Å². The lowest BCUT2D eigenvalue weighted by Crippen LogP contribution is -2.40. The highest BCUT2D eigenvalue weighted by atomic mass is 16.5. The maximum Gasteiger partial charge on any atom is 0.254 e. The molecule has 0 spiro atoms. The summed E-state index contributed by atoms with van der Waals surface area (Å²) in [7, 11) is 0. The molecule has 1 aromatic carbocycles. The number of amides is 1. The summed E-state index contributed by atoms with van der Waals surface area (Å²) in [6.45, 7) is 2.38. The largest absolute Gasteiger partial charge is 0.378 e. The predicted molar refractivity (Wildman–Crippen MR) is 70.4 cm³/mol. The Labute approximate surface area is 110 Å². The topological polar surface area (TPSA) is 62.4 Å². The molecule has 0 saturated carbocycles. The van der Waals surface area contributed by atoms with E-state index in [0.29, 0.717) is 37.6 Å². The van der Waals surface area contributed by atoms with Crippen LogP contribution in [-0.4, -0.2) is 48.4 Å². The molecule has 1 N–H and O–H groups in total. The van der Waals surface area contributed by atoms with Crippen molar-refractivity contribution >= 4 is 23.1 Å². The monoisotopic (exact) mass is 258 g/mol. The van der Waals surface area contributed by atoms with E-state index in [1.807, 2.05) is 12.1 Å². The third-order valence-corrected chi connectivity index (χ3v) is 3.34. The SMILES string of the molecule is O=Cc1cc2c(C(=O)N3CCOCC3)cccc2[nH]1. The number of aldehydes is 1. The molecule has 19 heavy (non-hydrogen) atoms. The van der Waals surface area contributed by atoms with Gasteiger partial charge in [0.05, 0.1) is 18.9 Å². The molecule has 3 rings (SSSR count). The Kier molecular flexibility index (Phi) is 3.05. The van der Waals surface area contributed by atoms with Crippen molar-refractivity contribution in [1.29, 1.82) is 0 Å². The van der Waals surface area contributed by atoms with Gasteiger partial charge in [-0.2, -0.15) is 0 Å². The average molecular weight is 258 g/mol. The van der Waals surface area contributed by atoms with Crippen LogP contribution in [0.5, 0.6) is 0 Å². The van der Waals surface area contributed by atoms with Gasteiger partial charge in [0.25, 0.3) is 5.91 Å². The molecule has 5 heteroatoms. The molecule has 0 unspecified atom stereocenters. The molecule has 1 aromatic heterocycles. The fourth-order valence-corrected chi connectivity index (χ4v) is 2.36. The number of nitrogens with zero attached hydrogens (tertiary/aromatic N) is 1. The summed E-state index contributed by atoms with van der Waals surface area (Å²) in [6.07, 6.45) is 0.753. The number of carbonyl (C=O) groups is 2. The van der Waals surface area contributed by atoms with Crippen LogP contribution in [0, 0.1) is 0 Å². The number of fused-ring (bicyclic) bond motifs is 1. The van der Waals surface area contributed by atoms with E-state index in [9.17, 15) is 9.59 Å². The summed E-state index contributed by atoms with van der Waals surface area (Å²) < 4.78 is 5.25. The number of nitrogens with one attached hydrogen (secondary N) is 1. The molecule has 0 atom stereocenters. The Morgan fingerprint density at radius 2 is 2.11 bits per heavy atom. The second kappa shape index (κ2) is 4.85. The number of H-pyrrole nitrogens is 1. The van der Waals surface area contributed by atoms with Crippen molar-refractivity contribution in [2.75, 3.05) is 26.3 Å². The number of rotatable bonds is 2. The number of benzene rings is 1. The van der Waals surface area contributed by atoms with Gasteiger partial charge < -0.3 is 14.6 Å². The lowest BCUT2D eigenvalue weighted by molar-refractivity contribution is 0.0304. The lowest BCUT2D eigenvalue weighted by Gasteiger charge is -2.27. The first-order valence-corrected chi connectivity index (χ1v) is 6.23. The van der Waals surface area contributed by atoms with E-state index in [-0.39, 0.29) is 5.91 Å². The molecule has 1 saturated heterocycles. The van der Waals surface area contributed by atoms with Crippen LogP contribution in [0.3, 0.4) is 0 Å². The molecule has 2 aromatic rings. The maximum atomic E-state index is 12.5. The van der Waals surface area contributed by atoms with E-state index < -0.39 is 0 Å². The number of hydrogen-bond acceptors (Lipinski definition) is 3. The average Bonchev–Trinajstić information content (AvgIpc) is 2.90. The Bertz CT molecular complexity index is 627. The van der Waals surface area contributed by atoms with Crippen molar-refractivity contribution in [1.82, 2.24) is 9.88 Å². The molecule has 2 heterocycles. The predicted octanol–water partition coefficient (Wildman–Crippen LogP) is 1.45. The van der Waals surface area contributed by atoms with Crippen LogP contribution in [0.2, 0.25) is 0 Å². The van der Waals surface area contributed by atoms with E-state index in [1.165, 1.54) is 0 Å². The first-order chi connectivity index (χ1) is 9.29. The number of morpholine rings is 1. The number of carbonyl (C=O) groups excluding carboxylic acids is 2. The Balaban J connectivity index is 2.01. The van der Waals surface area contributed by atoms with Crippen LogP contribution in [0.25, 0.3) is 10.9 Å². The Morgan fingerprint density at radius 3 is 2.84 bits per heavy atom. The van der Waals surface area contributed by atoms with Gasteiger partial charge in [-0.05, 0) is 18.2 Å². The van der Waals surface area contributed by atoms with Crippen molar-refractivity contribution in [3.8, 4) is 0 Å². The molecule has 0 radical (unpaired) electrons. The van der Waals surface area contributed by atoms with Gasteiger partial charge in [-0.3, -0.25) is 9.59 Å². The quantitative estimate of drug-likeness (QED) is 0.829. The van der Waals surface area contributed by atoms with Gasteiger partial charge >= 0.3 is 0 Å².